The number of aliphatic hydroxyl groups excluding tert-OH is 1. The molecule has 5 rings (SSSR count). The molecule has 1 heterocycles. The van der Waals surface area contributed by atoms with Gasteiger partial charge in [0, 0.05) is 12.1 Å². The van der Waals surface area contributed by atoms with Gasteiger partial charge in [0.15, 0.2) is 5.69 Å². The third kappa shape index (κ3) is 3.31. The van der Waals surface area contributed by atoms with Crippen molar-refractivity contribution in [3.8, 4) is 0 Å². The first-order chi connectivity index (χ1) is 12.5. The number of hydrogen-bond acceptors (Lipinski definition) is 5. The first-order valence-electron chi connectivity index (χ1n) is 10.0. The highest BCUT2D eigenvalue weighted by Gasteiger charge is 2.51. The number of aromatic nitrogens is 2. The molecule has 26 heavy (non-hydrogen) atoms. The molecule has 0 aliphatic heterocycles. The molecule has 0 aromatic carbocycles. The van der Waals surface area contributed by atoms with Crippen LogP contribution in [0.1, 0.15) is 74.3 Å². The highest BCUT2D eigenvalue weighted by atomic mass is 16.3. The quantitative estimate of drug-likeness (QED) is 0.728. The van der Waals surface area contributed by atoms with Gasteiger partial charge >= 0.3 is 0 Å². The van der Waals surface area contributed by atoms with Crippen LogP contribution in [0.3, 0.4) is 0 Å². The lowest BCUT2D eigenvalue weighted by Crippen LogP contribution is -2.60. The maximum Gasteiger partial charge on any atom is 0.272 e. The third-order valence-corrected chi connectivity index (χ3v) is 6.50. The van der Waals surface area contributed by atoms with Gasteiger partial charge in [-0.2, -0.15) is 0 Å². The fraction of sp³-hybridized carbons (Fsp3) is 0.750. The summed E-state index contributed by atoms with van der Waals surface area (Å²) in [5.74, 6) is 3.09. The summed E-state index contributed by atoms with van der Waals surface area (Å²) in [7, 11) is 0. The van der Waals surface area contributed by atoms with E-state index in [2.05, 4.69) is 34.7 Å². The second-order valence-corrected chi connectivity index (χ2v) is 8.99. The van der Waals surface area contributed by atoms with E-state index in [-0.39, 0.29) is 24.0 Å². The smallest absolute Gasteiger partial charge is 0.272 e. The van der Waals surface area contributed by atoms with Crippen molar-refractivity contribution in [2.45, 2.75) is 63.8 Å². The van der Waals surface area contributed by atoms with Gasteiger partial charge in [0.25, 0.3) is 5.91 Å². The number of nitrogens with one attached hydrogen (secondary N) is 2. The van der Waals surface area contributed by atoms with E-state index in [1.807, 2.05) is 6.07 Å². The van der Waals surface area contributed by atoms with Crippen LogP contribution in [0.25, 0.3) is 0 Å². The molecular formula is C20H30N4O2. The number of aliphatic hydroxyl groups is 1. The molecule has 4 aliphatic rings. The van der Waals surface area contributed by atoms with Crippen LogP contribution in [0.15, 0.2) is 6.07 Å². The number of rotatable bonds is 6. The van der Waals surface area contributed by atoms with Crippen LogP contribution < -0.4 is 10.6 Å². The monoisotopic (exact) mass is 358 g/mol. The third-order valence-electron chi connectivity index (χ3n) is 6.50. The van der Waals surface area contributed by atoms with Crippen molar-refractivity contribution in [2.75, 3.05) is 18.5 Å². The Morgan fingerprint density at radius 3 is 2.35 bits per heavy atom. The van der Waals surface area contributed by atoms with Crippen LogP contribution in [0.2, 0.25) is 0 Å². The van der Waals surface area contributed by atoms with Gasteiger partial charge < -0.3 is 15.7 Å². The van der Waals surface area contributed by atoms with Crippen LogP contribution >= 0.6 is 0 Å². The molecular weight excluding hydrogens is 328 g/mol. The van der Waals surface area contributed by atoms with E-state index in [1.165, 1.54) is 19.3 Å². The molecule has 4 bridgehead atoms. The molecule has 6 nitrogen and oxygen atoms in total. The Kier molecular flexibility index (Phi) is 4.63. The zero-order valence-corrected chi connectivity index (χ0v) is 15.8. The Labute approximate surface area is 155 Å². The first-order valence-corrected chi connectivity index (χ1v) is 10.0. The summed E-state index contributed by atoms with van der Waals surface area (Å²) >= 11 is 0. The molecule has 3 N–H and O–H groups in total. The van der Waals surface area contributed by atoms with E-state index < -0.39 is 0 Å². The minimum atomic E-state index is -0.0724. The maximum absolute atomic E-state index is 13.1. The summed E-state index contributed by atoms with van der Waals surface area (Å²) in [6.07, 6.45) is 7.47. The average Bonchev–Trinajstić information content (AvgIpc) is 2.58. The zero-order chi connectivity index (χ0) is 18.3. The van der Waals surface area contributed by atoms with Gasteiger partial charge in [0.05, 0.1) is 6.61 Å². The fourth-order valence-electron chi connectivity index (χ4n) is 5.86. The standard InChI is InChI=1S/C20H30N4O2/c1-12(2)16-8-17(21-3-4-25)23-24-18(16)19(26)22-20-9-13-5-14(10-20)7-15(6-13)11-20/h8,12-15,25H,3-7,9-11H2,1-2H3,(H,21,23)(H,22,26). The second kappa shape index (κ2) is 6.80. The molecule has 0 spiro atoms. The minimum Gasteiger partial charge on any atom is -0.395 e. The highest BCUT2D eigenvalue weighted by Crippen LogP contribution is 2.55. The molecule has 1 aromatic heterocycles. The largest absolute Gasteiger partial charge is 0.395 e. The van der Waals surface area contributed by atoms with Gasteiger partial charge in [-0.25, -0.2) is 0 Å². The number of carbonyl (C=O) groups excluding carboxylic acids is 1. The van der Waals surface area contributed by atoms with E-state index in [4.69, 9.17) is 5.11 Å². The predicted octanol–water partition coefficient (Wildman–Crippen LogP) is 2.70. The molecule has 0 atom stereocenters. The van der Waals surface area contributed by atoms with Crippen molar-refractivity contribution >= 4 is 11.7 Å². The summed E-state index contributed by atoms with van der Waals surface area (Å²) in [6.45, 7) is 4.58. The van der Waals surface area contributed by atoms with Crippen molar-refractivity contribution < 1.29 is 9.90 Å². The lowest BCUT2D eigenvalue weighted by Gasteiger charge is -2.56. The number of amides is 1. The zero-order valence-electron chi connectivity index (χ0n) is 15.8. The van der Waals surface area contributed by atoms with Gasteiger partial charge in [-0.05, 0) is 73.8 Å². The van der Waals surface area contributed by atoms with Crippen molar-refractivity contribution in [3.05, 3.63) is 17.3 Å². The molecule has 4 fully saturated rings. The Balaban J connectivity index is 1.54. The first kappa shape index (κ1) is 17.7. The van der Waals surface area contributed by atoms with Crippen molar-refractivity contribution in [3.63, 3.8) is 0 Å². The highest BCUT2D eigenvalue weighted by molar-refractivity contribution is 5.94. The van der Waals surface area contributed by atoms with Crippen molar-refractivity contribution in [1.82, 2.24) is 15.5 Å². The van der Waals surface area contributed by atoms with E-state index >= 15 is 0 Å². The van der Waals surface area contributed by atoms with Crippen LogP contribution in [0.5, 0.6) is 0 Å². The maximum atomic E-state index is 13.1. The molecule has 0 radical (unpaired) electrons. The summed E-state index contributed by atoms with van der Waals surface area (Å²) in [5.41, 5.74) is 1.34. The number of nitrogens with zero attached hydrogens (tertiary/aromatic N) is 2. The van der Waals surface area contributed by atoms with Crippen LogP contribution in [-0.4, -0.2) is 39.9 Å². The summed E-state index contributed by atoms with van der Waals surface area (Å²) in [6, 6.07) is 1.89. The van der Waals surface area contributed by atoms with Crippen molar-refractivity contribution in [1.29, 1.82) is 0 Å². The SMILES string of the molecule is CC(C)c1cc(NCCO)nnc1C(=O)NC12CC3CC(CC(C3)C1)C2. The molecule has 1 amide bonds. The number of anilines is 1. The molecule has 0 saturated heterocycles. The fourth-order valence-corrected chi connectivity index (χ4v) is 5.86. The van der Waals surface area contributed by atoms with E-state index in [0.29, 0.717) is 18.1 Å². The molecule has 4 saturated carbocycles. The van der Waals surface area contributed by atoms with Gasteiger partial charge in [-0.1, -0.05) is 13.8 Å². The molecule has 0 unspecified atom stereocenters. The molecule has 6 heteroatoms. The molecule has 4 aliphatic carbocycles. The number of carbonyl (C=O) groups is 1. The van der Waals surface area contributed by atoms with E-state index in [9.17, 15) is 4.79 Å². The number of hydrogen-bond donors (Lipinski definition) is 3. The molecule has 1 aromatic rings. The van der Waals surface area contributed by atoms with Gasteiger partial charge in [0.1, 0.15) is 5.82 Å². The lowest BCUT2D eigenvalue weighted by atomic mass is 9.53. The van der Waals surface area contributed by atoms with Gasteiger partial charge in [0.2, 0.25) is 0 Å². The van der Waals surface area contributed by atoms with Gasteiger partial charge in [-0.3, -0.25) is 4.79 Å². The van der Waals surface area contributed by atoms with Crippen LogP contribution in [0.4, 0.5) is 5.82 Å². The Bertz CT molecular complexity index is 653. The molecule has 142 valence electrons. The lowest BCUT2D eigenvalue weighted by molar-refractivity contribution is -0.0168. The summed E-state index contributed by atoms with van der Waals surface area (Å²) in [4.78, 5) is 13.1. The van der Waals surface area contributed by atoms with Gasteiger partial charge in [-0.15, -0.1) is 10.2 Å². The van der Waals surface area contributed by atoms with E-state index in [0.717, 1.165) is 42.6 Å². The van der Waals surface area contributed by atoms with Crippen molar-refractivity contribution in [2.24, 2.45) is 17.8 Å². The average molecular weight is 358 g/mol. The normalized spacial score (nSPS) is 32.1. The summed E-state index contributed by atoms with van der Waals surface area (Å²) in [5, 5.41) is 23.8. The topological polar surface area (TPSA) is 87.1 Å². The predicted molar refractivity (Wildman–Crippen MR) is 100 cm³/mol. The van der Waals surface area contributed by atoms with E-state index in [1.54, 1.807) is 0 Å². The summed E-state index contributed by atoms with van der Waals surface area (Å²) < 4.78 is 0. The Morgan fingerprint density at radius 1 is 1.19 bits per heavy atom. The van der Waals surface area contributed by atoms with Crippen LogP contribution in [-0.2, 0) is 0 Å². The van der Waals surface area contributed by atoms with Crippen LogP contribution in [0, 0.1) is 17.8 Å². The Hall–Kier alpha value is -1.69. The Morgan fingerprint density at radius 2 is 1.81 bits per heavy atom. The minimum absolute atomic E-state index is 0.0183. The second-order valence-electron chi connectivity index (χ2n) is 8.99.